The lowest BCUT2D eigenvalue weighted by molar-refractivity contribution is -0.112. The minimum atomic E-state index is -0.565. The summed E-state index contributed by atoms with van der Waals surface area (Å²) in [6, 6.07) is 12.5. The van der Waals surface area contributed by atoms with Crippen molar-refractivity contribution < 1.29 is 9.21 Å². The highest BCUT2D eigenvalue weighted by molar-refractivity contribution is 7.15. The predicted molar refractivity (Wildman–Crippen MR) is 105 cm³/mol. The zero-order chi connectivity index (χ0) is 19.4. The van der Waals surface area contributed by atoms with Crippen LogP contribution in [-0.2, 0) is 4.79 Å². The summed E-state index contributed by atoms with van der Waals surface area (Å²) in [5.41, 5.74) is 0.712. The first-order chi connectivity index (χ1) is 13.0. The maximum Gasteiger partial charge on any atom is 0.268 e. The van der Waals surface area contributed by atoms with E-state index in [4.69, 9.17) is 16.0 Å². The topological polar surface area (TPSA) is 91.8 Å². The van der Waals surface area contributed by atoms with Gasteiger partial charge in [0.25, 0.3) is 5.91 Å². The van der Waals surface area contributed by atoms with Crippen molar-refractivity contribution in [2.45, 2.75) is 19.8 Å². The summed E-state index contributed by atoms with van der Waals surface area (Å²) >= 11 is 7.27. The molecule has 0 bridgehead atoms. The van der Waals surface area contributed by atoms with E-state index in [1.54, 1.807) is 24.3 Å². The van der Waals surface area contributed by atoms with Gasteiger partial charge in [0.2, 0.25) is 5.13 Å². The lowest BCUT2D eigenvalue weighted by atomic mass is 10.2. The van der Waals surface area contributed by atoms with Gasteiger partial charge in [0.05, 0.1) is 0 Å². The van der Waals surface area contributed by atoms with Gasteiger partial charge in [0.1, 0.15) is 28.2 Å². The number of hydrogen-bond donors (Lipinski definition) is 1. The quantitative estimate of drug-likeness (QED) is 0.475. The SMILES string of the molecule is CC(C)c1nnc(NC(=O)/C(C#N)=C\c2ccc(-c3cccc(Cl)c3)o2)s1. The third-order valence-electron chi connectivity index (χ3n) is 3.54. The number of rotatable bonds is 5. The zero-order valence-corrected chi connectivity index (χ0v) is 16.1. The molecule has 0 aliphatic carbocycles. The smallest absolute Gasteiger partial charge is 0.268 e. The van der Waals surface area contributed by atoms with Gasteiger partial charge >= 0.3 is 0 Å². The van der Waals surface area contributed by atoms with Crippen molar-refractivity contribution in [2.24, 2.45) is 0 Å². The molecule has 27 heavy (non-hydrogen) atoms. The van der Waals surface area contributed by atoms with Crippen molar-refractivity contribution >= 4 is 40.1 Å². The molecule has 1 aromatic carbocycles. The molecule has 3 rings (SSSR count). The van der Waals surface area contributed by atoms with E-state index in [9.17, 15) is 10.1 Å². The monoisotopic (exact) mass is 398 g/mol. The summed E-state index contributed by atoms with van der Waals surface area (Å²) in [4.78, 5) is 12.3. The van der Waals surface area contributed by atoms with Crippen LogP contribution >= 0.6 is 22.9 Å². The van der Waals surface area contributed by atoms with Crippen LogP contribution in [-0.4, -0.2) is 16.1 Å². The van der Waals surface area contributed by atoms with Crippen LogP contribution in [0.3, 0.4) is 0 Å². The number of aromatic nitrogens is 2. The number of anilines is 1. The first kappa shape index (κ1) is 18.8. The average Bonchev–Trinajstić information content (AvgIpc) is 3.29. The van der Waals surface area contributed by atoms with Gasteiger partial charge in [0, 0.05) is 22.6 Å². The number of hydrogen-bond acceptors (Lipinski definition) is 6. The van der Waals surface area contributed by atoms with Gasteiger partial charge in [-0.1, -0.05) is 48.9 Å². The molecule has 0 saturated heterocycles. The zero-order valence-electron chi connectivity index (χ0n) is 14.6. The largest absolute Gasteiger partial charge is 0.457 e. The number of nitrogens with one attached hydrogen (secondary N) is 1. The van der Waals surface area contributed by atoms with Crippen molar-refractivity contribution in [3.63, 3.8) is 0 Å². The lowest BCUT2D eigenvalue weighted by Crippen LogP contribution is -2.13. The maximum absolute atomic E-state index is 12.3. The van der Waals surface area contributed by atoms with Crippen molar-refractivity contribution in [3.05, 3.63) is 57.8 Å². The summed E-state index contributed by atoms with van der Waals surface area (Å²) in [6.45, 7) is 3.97. The second kappa shape index (κ2) is 8.16. The van der Waals surface area contributed by atoms with Gasteiger partial charge in [-0.25, -0.2) is 0 Å². The van der Waals surface area contributed by atoms with E-state index >= 15 is 0 Å². The molecule has 1 amide bonds. The summed E-state index contributed by atoms with van der Waals surface area (Å²) < 4.78 is 5.70. The Morgan fingerprint density at radius 3 is 2.81 bits per heavy atom. The summed E-state index contributed by atoms with van der Waals surface area (Å²) in [7, 11) is 0. The van der Waals surface area contributed by atoms with Gasteiger partial charge in [-0.05, 0) is 24.3 Å². The second-order valence-electron chi connectivity index (χ2n) is 5.94. The van der Waals surface area contributed by atoms with E-state index in [0.29, 0.717) is 21.7 Å². The van der Waals surface area contributed by atoms with Crippen LogP contribution in [0, 0.1) is 11.3 Å². The Hall–Kier alpha value is -2.95. The Kier molecular flexibility index (Phi) is 5.69. The standard InChI is InChI=1S/C19H15ClN4O2S/c1-11(2)18-23-24-19(27-18)22-17(25)13(10-21)9-15-6-7-16(26-15)12-4-3-5-14(20)8-12/h3-9,11H,1-2H3,(H,22,24,25)/b13-9-. The first-order valence-electron chi connectivity index (χ1n) is 8.08. The maximum atomic E-state index is 12.3. The number of carbonyl (C=O) groups is 1. The molecule has 136 valence electrons. The second-order valence-corrected chi connectivity index (χ2v) is 7.38. The molecule has 0 saturated carbocycles. The molecule has 2 heterocycles. The van der Waals surface area contributed by atoms with Crippen molar-refractivity contribution in [1.29, 1.82) is 5.26 Å². The summed E-state index contributed by atoms with van der Waals surface area (Å²) in [6.07, 6.45) is 1.38. The van der Waals surface area contributed by atoms with Gasteiger partial charge < -0.3 is 4.42 Å². The predicted octanol–water partition coefficient (Wildman–Crippen LogP) is 5.12. The number of carbonyl (C=O) groups excluding carboxylic acids is 1. The summed E-state index contributed by atoms with van der Waals surface area (Å²) in [5, 5.41) is 21.6. The average molecular weight is 399 g/mol. The van der Waals surface area contributed by atoms with Crippen molar-refractivity contribution in [3.8, 4) is 17.4 Å². The number of nitriles is 1. The minimum absolute atomic E-state index is 0.0942. The fraction of sp³-hybridized carbons (Fsp3) is 0.158. The first-order valence-corrected chi connectivity index (χ1v) is 9.28. The van der Waals surface area contributed by atoms with E-state index in [1.165, 1.54) is 17.4 Å². The molecular weight excluding hydrogens is 384 g/mol. The highest BCUT2D eigenvalue weighted by atomic mass is 35.5. The van der Waals surface area contributed by atoms with Crippen LogP contribution in [0.15, 0.2) is 46.4 Å². The lowest BCUT2D eigenvalue weighted by Gasteiger charge is -1.99. The molecule has 0 aliphatic rings. The van der Waals surface area contributed by atoms with E-state index in [2.05, 4.69) is 15.5 Å². The van der Waals surface area contributed by atoms with Crippen LogP contribution in [0.25, 0.3) is 17.4 Å². The van der Waals surface area contributed by atoms with Gasteiger partial charge in [0.15, 0.2) is 0 Å². The number of furan rings is 1. The van der Waals surface area contributed by atoms with Crippen molar-refractivity contribution in [2.75, 3.05) is 5.32 Å². The molecule has 6 nitrogen and oxygen atoms in total. The van der Waals surface area contributed by atoms with Crippen LogP contribution in [0.1, 0.15) is 30.5 Å². The van der Waals surface area contributed by atoms with Gasteiger partial charge in [-0.15, -0.1) is 10.2 Å². The summed E-state index contributed by atoms with van der Waals surface area (Å²) in [5.74, 6) is 0.626. The van der Waals surface area contributed by atoms with Gasteiger partial charge in [-0.3, -0.25) is 10.1 Å². The third kappa shape index (κ3) is 4.61. The van der Waals surface area contributed by atoms with E-state index < -0.39 is 5.91 Å². The number of nitrogens with zero attached hydrogens (tertiary/aromatic N) is 3. The van der Waals surface area contributed by atoms with Crippen LogP contribution in [0.4, 0.5) is 5.13 Å². The van der Waals surface area contributed by atoms with Crippen molar-refractivity contribution in [1.82, 2.24) is 10.2 Å². The number of benzene rings is 1. The molecule has 0 aliphatic heterocycles. The van der Waals surface area contributed by atoms with E-state index in [1.807, 2.05) is 32.0 Å². The molecule has 2 aromatic heterocycles. The molecule has 0 atom stereocenters. The number of halogens is 1. The Morgan fingerprint density at radius 2 is 2.15 bits per heavy atom. The van der Waals surface area contributed by atoms with Crippen LogP contribution in [0.2, 0.25) is 5.02 Å². The normalized spacial score (nSPS) is 11.4. The Labute approximate surface area is 165 Å². The molecule has 3 aromatic rings. The van der Waals surface area contributed by atoms with Gasteiger partial charge in [-0.2, -0.15) is 5.26 Å². The highest BCUT2D eigenvalue weighted by Crippen LogP contribution is 2.26. The molecule has 0 unspecified atom stereocenters. The molecular formula is C19H15ClN4O2S. The number of amides is 1. The fourth-order valence-corrected chi connectivity index (χ4v) is 3.13. The fourth-order valence-electron chi connectivity index (χ4n) is 2.20. The third-order valence-corrected chi connectivity index (χ3v) is 4.92. The Balaban J connectivity index is 1.77. The Morgan fingerprint density at radius 1 is 1.33 bits per heavy atom. The van der Waals surface area contributed by atoms with Crippen LogP contribution < -0.4 is 5.32 Å². The highest BCUT2D eigenvalue weighted by Gasteiger charge is 2.15. The minimum Gasteiger partial charge on any atom is -0.457 e. The molecule has 1 N–H and O–H groups in total. The molecule has 0 radical (unpaired) electrons. The Bertz CT molecular complexity index is 1050. The molecule has 8 heteroatoms. The molecule has 0 spiro atoms. The molecule has 0 fully saturated rings. The van der Waals surface area contributed by atoms with Crippen LogP contribution in [0.5, 0.6) is 0 Å². The van der Waals surface area contributed by atoms with E-state index in [0.717, 1.165) is 10.6 Å². The van der Waals surface area contributed by atoms with E-state index in [-0.39, 0.29) is 11.5 Å².